The molecule has 3 heterocycles. The number of hydrogen-bond acceptors (Lipinski definition) is 5. The van der Waals surface area contributed by atoms with Crippen LogP contribution in [-0.4, -0.2) is 0 Å². The Kier molecular flexibility index (Phi) is 16.9. The third kappa shape index (κ3) is 11.8. The predicted molar refractivity (Wildman–Crippen MR) is 519 cm³/mol. The summed E-state index contributed by atoms with van der Waals surface area (Å²) in [5.74, 6) is 0. The number of thiophene rings is 2. The summed E-state index contributed by atoms with van der Waals surface area (Å²) in [5, 5.41) is 12.2. The van der Waals surface area contributed by atoms with E-state index in [0.717, 1.165) is 95.0 Å². The molecule has 20 aromatic carbocycles. The van der Waals surface area contributed by atoms with Crippen molar-refractivity contribution in [1.29, 1.82) is 0 Å². The molecule has 0 saturated carbocycles. The second kappa shape index (κ2) is 29.1. The van der Waals surface area contributed by atoms with E-state index in [0.29, 0.717) is 0 Å². The van der Waals surface area contributed by atoms with E-state index in [2.05, 4.69) is 447 Å². The van der Waals surface area contributed by atoms with Crippen LogP contribution in [0.2, 0.25) is 0 Å². The normalized spacial score (nSPS) is 13.1. The van der Waals surface area contributed by atoms with Crippen molar-refractivity contribution in [3.63, 3.8) is 0 Å². The van der Waals surface area contributed by atoms with E-state index in [-0.39, 0.29) is 0 Å². The van der Waals surface area contributed by atoms with Gasteiger partial charge in [-0.05, 0) is 225 Å². The molecule has 1 atom stereocenters. The lowest BCUT2D eigenvalue weighted by Crippen LogP contribution is -2.28. The Labute approximate surface area is 715 Å². The predicted octanol–water partition coefficient (Wildman–Crippen LogP) is 33.6. The van der Waals surface area contributed by atoms with Gasteiger partial charge in [0.1, 0.15) is 11.2 Å². The first-order chi connectivity index (χ1) is 60.4. The molecule has 1 unspecified atom stereocenters. The van der Waals surface area contributed by atoms with Crippen molar-refractivity contribution in [2.45, 2.75) is 5.41 Å². The molecule has 1 aliphatic carbocycles. The van der Waals surface area contributed by atoms with Gasteiger partial charge in [0.25, 0.3) is 0 Å². The van der Waals surface area contributed by atoms with Gasteiger partial charge in [-0.15, -0.1) is 22.7 Å². The number of nitrogens with zero attached hydrogens (tertiary/aromatic N) is 2. The summed E-state index contributed by atoms with van der Waals surface area (Å²) in [4.78, 5) is 4.98. The van der Waals surface area contributed by atoms with Crippen molar-refractivity contribution in [1.82, 2.24) is 0 Å². The maximum Gasteiger partial charge on any atom is 0.135 e. The first-order valence-electron chi connectivity index (χ1n) is 41.8. The number of para-hydroxylation sites is 3. The quantitative estimate of drug-likeness (QED) is 0.102. The van der Waals surface area contributed by atoms with E-state index >= 15 is 0 Å². The number of hydrogen-bond donors (Lipinski definition) is 0. The highest BCUT2D eigenvalue weighted by Gasteiger charge is 2.48. The van der Waals surface area contributed by atoms with Crippen LogP contribution in [0.3, 0.4) is 0 Å². The van der Waals surface area contributed by atoms with Crippen molar-refractivity contribution < 1.29 is 4.42 Å². The average molecular weight is 1590 g/mol. The Balaban J connectivity index is 0.608. The molecule has 0 aliphatic heterocycles. The van der Waals surface area contributed by atoms with E-state index in [9.17, 15) is 0 Å². The molecule has 0 saturated heterocycles. The lowest BCUT2D eigenvalue weighted by Gasteiger charge is -2.35. The zero-order chi connectivity index (χ0) is 80.4. The topological polar surface area (TPSA) is 19.6 Å². The van der Waals surface area contributed by atoms with Crippen molar-refractivity contribution >= 4 is 141 Å². The highest BCUT2D eigenvalue weighted by Crippen LogP contribution is 2.61. The van der Waals surface area contributed by atoms with Crippen LogP contribution in [0.5, 0.6) is 0 Å². The Morgan fingerprint density at radius 2 is 0.656 bits per heavy atom. The minimum atomic E-state index is -0.705. The molecular formula is C117H74N2OS2. The summed E-state index contributed by atoms with van der Waals surface area (Å²) < 4.78 is 11.3. The van der Waals surface area contributed by atoms with Crippen molar-refractivity contribution in [3.8, 4) is 89.0 Å². The van der Waals surface area contributed by atoms with E-state index in [1.807, 2.05) is 34.8 Å². The van der Waals surface area contributed by atoms with Gasteiger partial charge in [0.2, 0.25) is 0 Å². The average Bonchev–Trinajstić information content (AvgIpc) is 1.53. The second-order valence-corrected chi connectivity index (χ2v) is 34.2. The first-order valence-corrected chi connectivity index (χ1v) is 43.4. The molecule has 0 spiro atoms. The van der Waals surface area contributed by atoms with Crippen LogP contribution in [0.15, 0.2) is 453 Å². The summed E-state index contributed by atoms with van der Waals surface area (Å²) in [6.07, 6.45) is 0. The Morgan fingerprint density at radius 3 is 1.36 bits per heavy atom. The summed E-state index contributed by atoms with van der Waals surface area (Å²) in [5.41, 5.74) is 31.2. The van der Waals surface area contributed by atoms with Gasteiger partial charge < -0.3 is 14.2 Å². The van der Waals surface area contributed by atoms with Gasteiger partial charge in [-0.3, -0.25) is 0 Å². The van der Waals surface area contributed by atoms with Gasteiger partial charge in [-0.25, -0.2) is 0 Å². The van der Waals surface area contributed by atoms with E-state index < -0.39 is 5.41 Å². The minimum Gasteiger partial charge on any atom is -0.456 e. The summed E-state index contributed by atoms with van der Waals surface area (Å²) >= 11 is 3.75. The first kappa shape index (κ1) is 70.9. The van der Waals surface area contributed by atoms with Crippen molar-refractivity contribution in [2.75, 3.05) is 9.80 Å². The Morgan fingerprint density at radius 1 is 0.205 bits per heavy atom. The van der Waals surface area contributed by atoms with Gasteiger partial charge in [0.15, 0.2) is 0 Å². The molecule has 0 N–H and O–H groups in total. The van der Waals surface area contributed by atoms with Crippen LogP contribution in [-0.2, 0) is 5.41 Å². The fourth-order valence-electron chi connectivity index (χ4n) is 19.6. The molecule has 1 aliphatic rings. The number of furan rings is 1. The fraction of sp³-hybridized carbons (Fsp3) is 0.00855. The lowest BCUT2D eigenvalue weighted by atomic mass is 9.67. The number of benzene rings is 20. The molecule has 0 fully saturated rings. The van der Waals surface area contributed by atoms with Crippen molar-refractivity contribution in [2.24, 2.45) is 0 Å². The maximum absolute atomic E-state index is 6.28. The van der Waals surface area contributed by atoms with Crippen LogP contribution in [0.1, 0.15) is 22.3 Å². The van der Waals surface area contributed by atoms with E-state index in [4.69, 9.17) is 4.42 Å². The highest BCUT2D eigenvalue weighted by molar-refractivity contribution is 7.26. The minimum absolute atomic E-state index is 0.705. The van der Waals surface area contributed by atoms with Gasteiger partial charge >= 0.3 is 0 Å². The van der Waals surface area contributed by atoms with Crippen LogP contribution in [0, 0.1) is 0 Å². The summed E-state index contributed by atoms with van der Waals surface area (Å²) in [6.45, 7) is 0. The molecule has 570 valence electrons. The molecule has 3 aromatic heterocycles. The number of rotatable bonds is 15. The largest absolute Gasteiger partial charge is 0.456 e. The smallest absolute Gasteiger partial charge is 0.135 e. The number of fused-ring (bicyclic) bond motifs is 14. The standard InChI is InChI=1S/C117H74N2OS2/c1-2-29-90(30-3-1)117(105-39-13-8-36-103(105)115-106(117)40-21-43-109(115)119(94-31-19-28-84(71-94)86-49-47-76-23-5-7-25-81(76)70-86)108-42-15-10-33-96(108)88-56-65-100-99-35-12-17-45-112(99)121-113(100)73-88)91-59-50-79(51-60-91)97-37-20-38-102-101-66-57-89(74-114(101)122-116(97)102)95-32-9-14-41-107(95)118(93-63-54-78(55-64-93)87-58-67-111-104(72-87)98-34-11-16-44-110(98)120-111)92-61-52-77(53-62-92)82-26-18-27-83(68-82)85-48-46-75-22-4-6-24-80(75)69-85/h1-74H. The van der Waals surface area contributed by atoms with Crippen LogP contribution >= 0.6 is 22.7 Å². The molecule has 0 bridgehead atoms. The molecule has 0 amide bonds. The van der Waals surface area contributed by atoms with Crippen molar-refractivity contribution in [3.05, 3.63) is 471 Å². The molecule has 5 heteroatoms. The lowest BCUT2D eigenvalue weighted by molar-refractivity contribution is 0.669. The van der Waals surface area contributed by atoms with Gasteiger partial charge in [-0.2, -0.15) is 0 Å². The maximum atomic E-state index is 6.28. The fourth-order valence-corrected chi connectivity index (χ4v) is 22.0. The Bertz CT molecular complexity index is 8090. The molecule has 23 aromatic rings. The summed E-state index contributed by atoms with van der Waals surface area (Å²) in [6, 6.07) is 167. The van der Waals surface area contributed by atoms with Crippen LogP contribution in [0.4, 0.5) is 34.1 Å². The van der Waals surface area contributed by atoms with Gasteiger partial charge in [0.05, 0.1) is 22.5 Å². The molecular weight excluding hydrogens is 1510 g/mol. The highest BCUT2D eigenvalue weighted by atomic mass is 32.1. The second-order valence-electron chi connectivity index (χ2n) is 32.1. The zero-order valence-electron chi connectivity index (χ0n) is 66.3. The molecule has 24 rings (SSSR count). The zero-order valence-corrected chi connectivity index (χ0v) is 68.0. The molecule has 0 radical (unpaired) electrons. The SMILES string of the molecule is c1ccc(C2(c3ccc(-c4cccc5c4sc4cc(-c6ccccc6N(c6ccc(-c7cccc(-c8ccc9ccccc9c8)c7)cc6)c6ccc(-c7ccc8oc9ccccc9c8c7)cc6)ccc45)cc3)c3ccccc3-c3c(N(c4cccc(-c5ccc6ccccc6c5)c4)c4ccccc4-c4ccc5c(c4)sc4ccccc45)cccc32)cc1. The van der Waals surface area contributed by atoms with E-state index in [1.165, 1.54) is 134 Å². The van der Waals surface area contributed by atoms with Crippen LogP contribution < -0.4 is 9.80 Å². The van der Waals surface area contributed by atoms with Gasteiger partial charge in [0, 0.05) is 84.9 Å². The van der Waals surface area contributed by atoms with E-state index in [1.54, 1.807) is 0 Å². The molecule has 3 nitrogen and oxygen atoms in total. The van der Waals surface area contributed by atoms with Gasteiger partial charge in [-0.1, -0.05) is 340 Å². The molecule has 122 heavy (non-hydrogen) atoms. The Hall–Kier alpha value is -15.2. The monoisotopic (exact) mass is 1590 g/mol. The third-order valence-electron chi connectivity index (χ3n) is 25.3. The summed E-state index contributed by atoms with van der Waals surface area (Å²) in [7, 11) is 0. The third-order valence-corrected chi connectivity index (χ3v) is 27.7. The number of anilines is 6. The van der Waals surface area contributed by atoms with Crippen LogP contribution in [0.25, 0.3) is 173 Å².